The molecule has 2 nitrogen and oxygen atoms in total. The van der Waals surface area contributed by atoms with Crippen LogP contribution in [0.1, 0.15) is 21.5 Å². The molecule has 0 saturated heterocycles. The lowest BCUT2D eigenvalue weighted by Gasteiger charge is -2.02. The second kappa shape index (κ2) is 4.94. The second-order valence-corrected chi connectivity index (χ2v) is 4.36. The third-order valence-corrected chi connectivity index (χ3v) is 3.04. The molecule has 0 aromatic heterocycles. The summed E-state index contributed by atoms with van der Waals surface area (Å²) < 4.78 is 0.641. The van der Waals surface area contributed by atoms with Crippen LogP contribution in [0.25, 0.3) is 0 Å². The molecule has 0 unspecified atom stereocenters. The zero-order chi connectivity index (χ0) is 12.3. The summed E-state index contributed by atoms with van der Waals surface area (Å²) in [7, 11) is 0. The number of halogens is 1. The Balaban J connectivity index is 2.40. The van der Waals surface area contributed by atoms with E-state index in [0.717, 1.165) is 0 Å². The standard InChI is InChI=1S/C14H8BrNO/c15-13-8-11(6-7-12(13)9-16)14(17)10-4-2-1-3-5-10/h1-8H. The Labute approximate surface area is 108 Å². The molecular formula is C14H8BrNO. The van der Waals surface area contributed by atoms with Gasteiger partial charge in [0.1, 0.15) is 6.07 Å². The summed E-state index contributed by atoms with van der Waals surface area (Å²) in [6, 6.07) is 16.1. The Hall–Kier alpha value is -1.92. The van der Waals surface area contributed by atoms with Gasteiger partial charge in [-0.15, -0.1) is 0 Å². The summed E-state index contributed by atoms with van der Waals surface area (Å²) in [5.41, 5.74) is 1.74. The van der Waals surface area contributed by atoms with Crippen LogP contribution in [0, 0.1) is 11.3 Å². The van der Waals surface area contributed by atoms with E-state index in [0.29, 0.717) is 21.2 Å². The molecular weight excluding hydrogens is 278 g/mol. The SMILES string of the molecule is N#Cc1ccc(C(=O)c2ccccc2)cc1Br. The van der Waals surface area contributed by atoms with Crippen molar-refractivity contribution in [2.24, 2.45) is 0 Å². The van der Waals surface area contributed by atoms with Crippen LogP contribution in [-0.4, -0.2) is 5.78 Å². The highest BCUT2D eigenvalue weighted by atomic mass is 79.9. The van der Waals surface area contributed by atoms with Gasteiger partial charge in [0.15, 0.2) is 5.78 Å². The van der Waals surface area contributed by atoms with Crippen molar-refractivity contribution in [1.82, 2.24) is 0 Å². The number of carbonyl (C=O) groups is 1. The van der Waals surface area contributed by atoms with Gasteiger partial charge in [0, 0.05) is 15.6 Å². The van der Waals surface area contributed by atoms with Crippen molar-refractivity contribution in [3.63, 3.8) is 0 Å². The van der Waals surface area contributed by atoms with E-state index in [2.05, 4.69) is 15.9 Å². The Morgan fingerprint density at radius 3 is 2.35 bits per heavy atom. The lowest BCUT2D eigenvalue weighted by Crippen LogP contribution is -2.01. The van der Waals surface area contributed by atoms with Gasteiger partial charge in [-0.3, -0.25) is 4.79 Å². The zero-order valence-electron chi connectivity index (χ0n) is 8.85. The molecule has 3 heteroatoms. The maximum Gasteiger partial charge on any atom is 0.193 e. The van der Waals surface area contributed by atoms with Gasteiger partial charge in [0.2, 0.25) is 0 Å². The van der Waals surface area contributed by atoms with Gasteiger partial charge in [-0.1, -0.05) is 30.3 Å². The maximum absolute atomic E-state index is 12.1. The normalized spacial score (nSPS) is 9.65. The van der Waals surface area contributed by atoms with Crippen LogP contribution in [0.2, 0.25) is 0 Å². The lowest BCUT2D eigenvalue weighted by atomic mass is 10.0. The number of hydrogen-bond acceptors (Lipinski definition) is 2. The van der Waals surface area contributed by atoms with E-state index in [1.807, 2.05) is 24.3 Å². The molecule has 0 aliphatic rings. The van der Waals surface area contributed by atoms with Crippen molar-refractivity contribution in [2.45, 2.75) is 0 Å². The first-order valence-corrected chi connectivity index (χ1v) is 5.81. The van der Waals surface area contributed by atoms with Crippen LogP contribution in [-0.2, 0) is 0 Å². The van der Waals surface area contributed by atoms with Crippen molar-refractivity contribution in [2.75, 3.05) is 0 Å². The van der Waals surface area contributed by atoms with Crippen LogP contribution in [0.5, 0.6) is 0 Å². The van der Waals surface area contributed by atoms with E-state index in [-0.39, 0.29) is 5.78 Å². The largest absolute Gasteiger partial charge is 0.289 e. The molecule has 0 aliphatic carbocycles. The molecule has 2 aromatic rings. The minimum atomic E-state index is -0.0456. The molecule has 0 aliphatic heterocycles. The first-order valence-electron chi connectivity index (χ1n) is 5.02. The molecule has 0 bridgehead atoms. The smallest absolute Gasteiger partial charge is 0.193 e. The monoisotopic (exact) mass is 285 g/mol. The van der Waals surface area contributed by atoms with E-state index in [1.165, 1.54) is 0 Å². The van der Waals surface area contributed by atoms with Gasteiger partial charge < -0.3 is 0 Å². The number of hydrogen-bond donors (Lipinski definition) is 0. The van der Waals surface area contributed by atoms with Crippen molar-refractivity contribution in [3.8, 4) is 6.07 Å². The van der Waals surface area contributed by atoms with E-state index < -0.39 is 0 Å². The average Bonchev–Trinajstić information content (AvgIpc) is 2.39. The maximum atomic E-state index is 12.1. The number of rotatable bonds is 2. The van der Waals surface area contributed by atoms with Crippen LogP contribution < -0.4 is 0 Å². The highest BCUT2D eigenvalue weighted by molar-refractivity contribution is 9.10. The van der Waals surface area contributed by atoms with Crippen LogP contribution in [0.15, 0.2) is 53.0 Å². The Bertz CT molecular complexity index is 599. The van der Waals surface area contributed by atoms with E-state index in [1.54, 1.807) is 30.3 Å². The number of nitriles is 1. The van der Waals surface area contributed by atoms with Gasteiger partial charge in [-0.05, 0) is 34.1 Å². The van der Waals surface area contributed by atoms with Crippen LogP contribution in [0.4, 0.5) is 0 Å². The van der Waals surface area contributed by atoms with Gasteiger partial charge >= 0.3 is 0 Å². The molecule has 2 rings (SSSR count). The molecule has 0 N–H and O–H groups in total. The fourth-order valence-corrected chi connectivity index (χ4v) is 1.97. The number of benzene rings is 2. The minimum absolute atomic E-state index is 0.0456. The topological polar surface area (TPSA) is 40.9 Å². The number of nitrogens with zero attached hydrogens (tertiary/aromatic N) is 1. The van der Waals surface area contributed by atoms with E-state index in [9.17, 15) is 4.79 Å². The molecule has 0 fully saturated rings. The van der Waals surface area contributed by atoms with E-state index in [4.69, 9.17) is 5.26 Å². The van der Waals surface area contributed by atoms with Gasteiger partial charge in [0.25, 0.3) is 0 Å². The molecule has 0 radical (unpaired) electrons. The van der Waals surface area contributed by atoms with Crippen molar-refractivity contribution < 1.29 is 4.79 Å². The lowest BCUT2D eigenvalue weighted by molar-refractivity contribution is 0.103. The first kappa shape index (κ1) is 11.6. The van der Waals surface area contributed by atoms with E-state index >= 15 is 0 Å². The quantitative estimate of drug-likeness (QED) is 0.792. The third kappa shape index (κ3) is 2.43. The average molecular weight is 286 g/mol. The minimum Gasteiger partial charge on any atom is -0.289 e. The molecule has 0 atom stereocenters. The predicted molar refractivity (Wildman–Crippen MR) is 68.7 cm³/mol. The highest BCUT2D eigenvalue weighted by Gasteiger charge is 2.10. The second-order valence-electron chi connectivity index (χ2n) is 3.50. The zero-order valence-corrected chi connectivity index (χ0v) is 10.4. The Morgan fingerprint density at radius 2 is 1.76 bits per heavy atom. The number of ketones is 1. The van der Waals surface area contributed by atoms with Crippen molar-refractivity contribution >= 4 is 21.7 Å². The van der Waals surface area contributed by atoms with Gasteiger partial charge in [-0.25, -0.2) is 0 Å². The molecule has 82 valence electrons. The van der Waals surface area contributed by atoms with Crippen LogP contribution >= 0.6 is 15.9 Å². The molecule has 0 saturated carbocycles. The van der Waals surface area contributed by atoms with Crippen LogP contribution in [0.3, 0.4) is 0 Å². The summed E-state index contributed by atoms with van der Waals surface area (Å²) >= 11 is 3.27. The summed E-state index contributed by atoms with van der Waals surface area (Å²) in [5, 5.41) is 8.80. The third-order valence-electron chi connectivity index (χ3n) is 2.39. The molecule has 0 spiro atoms. The number of carbonyl (C=O) groups excluding carboxylic acids is 1. The first-order chi connectivity index (χ1) is 8.22. The summed E-state index contributed by atoms with van der Waals surface area (Å²) in [6.07, 6.45) is 0. The summed E-state index contributed by atoms with van der Waals surface area (Å²) in [5.74, 6) is -0.0456. The molecule has 17 heavy (non-hydrogen) atoms. The fourth-order valence-electron chi connectivity index (χ4n) is 1.50. The molecule has 0 heterocycles. The van der Waals surface area contributed by atoms with Gasteiger partial charge in [0.05, 0.1) is 5.56 Å². The van der Waals surface area contributed by atoms with Crippen molar-refractivity contribution in [1.29, 1.82) is 5.26 Å². The molecule has 0 amide bonds. The summed E-state index contributed by atoms with van der Waals surface area (Å²) in [6.45, 7) is 0. The highest BCUT2D eigenvalue weighted by Crippen LogP contribution is 2.19. The fraction of sp³-hybridized carbons (Fsp3) is 0. The Kier molecular flexibility index (Phi) is 3.36. The van der Waals surface area contributed by atoms with Gasteiger partial charge in [-0.2, -0.15) is 5.26 Å². The van der Waals surface area contributed by atoms with Crippen molar-refractivity contribution in [3.05, 3.63) is 69.7 Å². The molecule has 2 aromatic carbocycles. The predicted octanol–water partition coefficient (Wildman–Crippen LogP) is 3.55. The Morgan fingerprint density at radius 1 is 1.06 bits per heavy atom. The summed E-state index contributed by atoms with van der Waals surface area (Å²) in [4.78, 5) is 12.1.